The van der Waals surface area contributed by atoms with Gasteiger partial charge < -0.3 is 10.3 Å². The van der Waals surface area contributed by atoms with Crippen LogP contribution in [0.1, 0.15) is 26.2 Å². The molecule has 2 atom stereocenters. The Labute approximate surface area is 68.5 Å². The van der Waals surface area contributed by atoms with Gasteiger partial charge in [0, 0.05) is 0 Å². The largest absolute Gasteiger partial charge is 0.633 e. The fourth-order valence-corrected chi connectivity index (χ4v) is 0.847. The summed E-state index contributed by atoms with van der Waals surface area (Å²) in [5.41, 5.74) is 5.43. The Balaban J connectivity index is 3.35. The molecule has 0 spiro atoms. The highest BCUT2D eigenvalue weighted by molar-refractivity contribution is 4.72. The molecule has 0 heterocycles. The Bertz CT molecular complexity index is 106. The molecule has 0 bridgehead atoms. The summed E-state index contributed by atoms with van der Waals surface area (Å²) in [5.74, 6) is 0. The summed E-state index contributed by atoms with van der Waals surface area (Å²) >= 11 is 0. The van der Waals surface area contributed by atoms with Crippen LogP contribution in [0, 0.1) is 5.21 Å². The second kappa shape index (κ2) is 6.34. The highest BCUT2D eigenvalue weighted by atomic mass is 16.5. The SMILES string of the molecule is C=CC(N)[NH+]([O-])CCCCC. The van der Waals surface area contributed by atoms with Gasteiger partial charge in [0.25, 0.3) is 0 Å². The number of nitrogens with two attached hydrogens (primary N) is 1. The summed E-state index contributed by atoms with van der Waals surface area (Å²) in [7, 11) is 0. The Morgan fingerprint density at radius 3 is 2.73 bits per heavy atom. The van der Waals surface area contributed by atoms with Gasteiger partial charge in [0.05, 0.1) is 6.54 Å². The number of nitrogens with one attached hydrogen (secondary N) is 1. The van der Waals surface area contributed by atoms with Crippen molar-refractivity contribution >= 4 is 0 Å². The zero-order valence-corrected chi connectivity index (χ0v) is 7.18. The second-order valence-electron chi connectivity index (χ2n) is 2.68. The van der Waals surface area contributed by atoms with Crippen LogP contribution in [0.15, 0.2) is 12.7 Å². The third-order valence-electron chi connectivity index (χ3n) is 1.65. The molecule has 0 radical (unpaired) electrons. The van der Waals surface area contributed by atoms with Crippen molar-refractivity contribution in [3.05, 3.63) is 17.9 Å². The van der Waals surface area contributed by atoms with E-state index in [0.29, 0.717) is 6.54 Å². The molecule has 66 valence electrons. The van der Waals surface area contributed by atoms with Crippen molar-refractivity contribution < 1.29 is 5.06 Å². The minimum atomic E-state index is -0.452. The molecule has 0 aromatic heterocycles. The topological polar surface area (TPSA) is 53.5 Å². The molecule has 0 aromatic carbocycles. The van der Waals surface area contributed by atoms with Crippen molar-refractivity contribution in [2.45, 2.75) is 32.4 Å². The third kappa shape index (κ3) is 4.95. The predicted molar refractivity (Wildman–Crippen MR) is 46.9 cm³/mol. The van der Waals surface area contributed by atoms with Crippen molar-refractivity contribution in [2.24, 2.45) is 5.73 Å². The van der Waals surface area contributed by atoms with Crippen LogP contribution in [0.4, 0.5) is 0 Å². The molecular weight excluding hydrogens is 140 g/mol. The molecule has 3 nitrogen and oxygen atoms in total. The number of hydroxylamine groups is 2. The zero-order chi connectivity index (χ0) is 8.69. The van der Waals surface area contributed by atoms with Gasteiger partial charge in [-0.3, -0.25) is 5.73 Å². The molecule has 3 heteroatoms. The van der Waals surface area contributed by atoms with E-state index in [1.54, 1.807) is 0 Å². The highest BCUT2D eigenvalue weighted by Crippen LogP contribution is 1.89. The fraction of sp³-hybridized carbons (Fsp3) is 0.750. The molecule has 0 saturated heterocycles. The zero-order valence-electron chi connectivity index (χ0n) is 7.18. The Morgan fingerprint density at radius 1 is 1.64 bits per heavy atom. The number of quaternary nitrogens is 1. The summed E-state index contributed by atoms with van der Waals surface area (Å²) in [4.78, 5) is 0. The first kappa shape index (κ1) is 10.6. The first-order valence-electron chi connectivity index (χ1n) is 4.13. The molecular formula is C8H18N2O. The lowest BCUT2D eigenvalue weighted by Gasteiger charge is -2.26. The maximum absolute atomic E-state index is 11.1. The summed E-state index contributed by atoms with van der Waals surface area (Å²) in [6, 6.07) is 0. The van der Waals surface area contributed by atoms with Crippen LogP contribution >= 0.6 is 0 Å². The van der Waals surface area contributed by atoms with Gasteiger partial charge in [-0.05, 0) is 18.9 Å². The number of rotatable bonds is 6. The minimum Gasteiger partial charge on any atom is -0.633 e. The quantitative estimate of drug-likeness (QED) is 0.248. The van der Waals surface area contributed by atoms with Crippen LogP contribution < -0.4 is 10.8 Å². The Morgan fingerprint density at radius 2 is 2.27 bits per heavy atom. The van der Waals surface area contributed by atoms with Gasteiger partial charge in [0.2, 0.25) is 0 Å². The van der Waals surface area contributed by atoms with Gasteiger partial charge in [0.1, 0.15) is 0 Å². The minimum absolute atomic E-state index is 0.105. The third-order valence-corrected chi connectivity index (χ3v) is 1.65. The smallest absolute Gasteiger partial charge is 0.157 e. The van der Waals surface area contributed by atoms with Gasteiger partial charge in [-0.25, -0.2) is 0 Å². The average molecular weight is 158 g/mol. The van der Waals surface area contributed by atoms with Crippen LogP contribution in [-0.2, 0) is 0 Å². The van der Waals surface area contributed by atoms with E-state index in [1.807, 2.05) is 0 Å². The lowest BCUT2D eigenvalue weighted by molar-refractivity contribution is -0.868. The van der Waals surface area contributed by atoms with Gasteiger partial charge in [-0.2, -0.15) is 0 Å². The molecule has 11 heavy (non-hydrogen) atoms. The molecule has 0 saturated carbocycles. The van der Waals surface area contributed by atoms with E-state index in [-0.39, 0.29) is 5.06 Å². The molecule has 0 aliphatic rings. The fourth-order valence-electron chi connectivity index (χ4n) is 0.847. The van der Waals surface area contributed by atoms with E-state index in [1.165, 1.54) is 6.08 Å². The van der Waals surface area contributed by atoms with Crippen molar-refractivity contribution in [1.29, 1.82) is 0 Å². The molecule has 0 fully saturated rings. The van der Waals surface area contributed by atoms with Crippen LogP contribution in [0.3, 0.4) is 0 Å². The van der Waals surface area contributed by atoms with E-state index < -0.39 is 6.17 Å². The van der Waals surface area contributed by atoms with E-state index >= 15 is 0 Å². The van der Waals surface area contributed by atoms with Gasteiger partial charge in [-0.1, -0.05) is 19.9 Å². The van der Waals surface area contributed by atoms with Crippen molar-refractivity contribution in [1.82, 2.24) is 0 Å². The first-order chi connectivity index (χ1) is 5.22. The highest BCUT2D eigenvalue weighted by Gasteiger charge is 2.02. The second-order valence-corrected chi connectivity index (χ2v) is 2.68. The van der Waals surface area contributed by atoms with Crippen molar-refractivity contribution in [3.63, 3.8) is 0 Å². The predicted octanol–water partition coefficient (Wildman–Crippen LogP) is 0.0301. The van der Waals surface area contributed by atoms with E-state index in [2.05, 4.69) is 13.5 Å². The summed E-state index contributed by atoms with van der Waals surface area (Å²) in [6.07, 6.45) is 4.24. The average Bonchev–Trinajstić information content (AvgIpc) is 2.03. The monoisotopic (exact) mass is 158 g/mol. The number of unbranched alkanes of at least 4 members (excludes halogenated alkanes) is 2. The maximum atomic E-state index is 11.1. The van der Waals surface area contributed by atoms with Crippen LogP contribution in [0.25, 0.3) is 0 Å². The van der Waals surface area contributed by atoms with Gasteiger partial charge in [-0.15, -0.1) is 0 Å². The molecule has 0 rings (SSSR count). The van der Waals surface area contributed by atoms with E-state index in [9.17, 15) is 5.21 Å². The summed E-state index contributed by atoms with van der Waals surface area (Å²) in [5, 5.41) is 11.2. The standard InChI is InChI=1S/C8H18N2O/c1-3-5-6-7-10(11)8(9)4-2/h4,8,10H,2-3,5-7,9H2,1H3. The van der Waals surface area contributed by atoms with E-state index in [4.69, 9.17) is 5.73 Å². The van der Waals surface area contributed by atoms with Crippen LogP contribution in [-0.4, -0.2) is 12.7 Å². The lowest BCUT2D eigenvalue weighted by atomic mass is 10.2. The molecule has 2 unspecified atom stereocenters. The molecule has 0 aromatic rings. The van der Waals surface area contributed by atoms with E-state index in [0.717, 1.165) is 19.3 Å². The molecule has 0 aliphatic heterocycles. The Hall–Kier alpha value is -0.380. The lowest BCUT2D eigenvalue weighted by Crippen LogP contribution is -3.12. The molecule has 0 aliphatic carbocycles. The van der Waals surface area contributed by atoms with Crippen molar-refractivity contribution in [3.8, 4) is 0 Å². The Kier molecular flexibility index (Phi) is 6.12. The molecule has 0 amide bonds. The number of hydrogen-bond acceptors (Lipinski definition) is 2. The van der Waals surface area contributed by atoms with Gasteiger partial charge in [0.15, 0.2) is 6.17 Å². The normalized spacial score (nSPS) is 15.9. The summed E-state index contributed by atoms with van der Waals surface area (Å²) in [6.45, 7) is 6.17. The van der Waals surface area contributed by atoms with Crippen molar-refractivity contribution in [2.75, 3.05) is 6.54 Å². The number of hydrogen-bond donors (Lipinski definition) is 2. The van der Waals surface area contributed by atoms with Crippen LogP contribution in [0.5, 0.6) is 0 Å². The van der Waals surface area contributed by atoms with Gasteiger partial charge >= 0.3 is 0 Å². The summed E-state index contributed by atoms with van der Waals surface area (Å²) < 4.78 is 0. The first-order valence-corrected chi connectivity index (χ1v) is 4.13. The molecule has 3 N–H and O–H groups in total. The van der Waals surface area contributed by atoms with Crippen LogP contribution in [0.2, 0.25) is 0 Å². The maximum Gasteiger partial charge on any atom is 0.157 e.